The molecule has 40 heavy (non-hydrogen) atoms. The molecule has 7 nitrogen and oxygen atoms in total. The lowest BCUT2D eigenvalue weighted by Crippen LogP contribution is -2.27. The highest BCUT2D eigenvalue weighted by molar-refractivity contribution is 5.94. The van der Waals surface area contributed by atoms with Gasteiger partial charge in [0.15, 0.2) is 11.5 Å². The van der Waals surface area contributed by atoms with E-state index in [0.29, 0.717) is 40.4 Å². The molecule has 0 saturated carbocycles. The molecule has 0 aliphatic heterocycles. The Kier molecular flexibility index (Phi) is 8.89. The molecular weight excluding hydrogens is 521 g/mol. The molecule has 210 valence electrons. The van der Waals surface area contributed by atoms with Crippen LogP contribution in [-0.2, 0) is 11.0 Å². The maximum absolute atomic E-state index is 13.0. The maximum Gasteiger partial charge on any atom is 0.416 e. The number of benzene rings is 3. The Balaban J connectivity index is 1.63. The molecular formula is C30H31F3N4O3. The number of amides is 1. The lowest BCUT2D eigenvalue weighted by molar-refractivity contribution is -0.137. The van der Waals surface area contributed by atoms with Gasteiger partial charge in [-0.25, -0.2) is 9.97 Å². The number of methoxy groups -OCH3 is 1. The van der Waals surface area contributed by atoms with E-state index in [1.54, 1.807) is 31.4 Å². The van der Waals surface area contributed by atoms with Crippen LogP contribution in [0.2, 0.25) is 0 Å². The number of primary amides is 1. The largest absolute Gasteiger partial charge is 0.493 e. The van der Waals surface area contributed by atoms with Gasteiger partial charge >= 0.3 is 6.18 Å². The Morgan fingerprint density at radius 1 is 0.950 bits per heavy atom. The first kappa shape index (κ1) is 28.8. The van der Waals surface area contributed by atoms with E-state index in [2.05, 4.69) is 28.7 Å². The van der Waals surface area contributed by atoms with Crippen molar-refractivity contribution in [3.63, 3.8) is 0 Å². The number of nitrogens with two attached hydrogens (primary N) is 1. The topological polar surface area (TPSA) is 90.6 Å². The molecule has 1 unspecified atom stereocenters. The van der Waals surface area contributed by atoms with Gasteiger partial charge in [-0.05, 0) is 42.4 Å². The van der Waals surface area contributed by atoms with E-state index in [9.17, 15) is 18.0 Å². The fourth-order valence-corrected chi connectivity index (χ4v) is 4.61. The molecule has 4 rings (SSSR count). The van der Waals surface area contributed by atoms with Gasteiger partial charge in [0.05, 0.1) is 29.8 Å². The van der Waals surface area contributed by atoms with E-state index in [1.807, 2.05) is 12.1 Å². The number of alkyl halides is 3. The molecule has 3 aromatic carbocycles. The van der Waals surface area contributed by atoms with Crippen LogP contribution in [0.25, 0.3) is 22.2 Å². The van der Waals surface area contributed by atoms with E-state index in [-0.39, 0.29) is 0 Å². The number of halogens is 3. The Morgan fingerprint density at radius 3 is 2.12 bits per heavy atom. The molecule has 0 fully saturated rings. The monoisotopic (exact) mass is 552 g/mol. The summed E-state index contributed by atoms with van der Waals surface area (Å²) in [5.74, 6) is -0.438. The summed E-state index contributed by atoms with van der Waals surface area (Å²) < 4.78 is 50.6. The molecule has 0 bridgehead atoms. The van der Waals surface area contributed by atoms with Crippen LogP contribution < -0.4 is 15.2 Å². The molecule has 1 amide bonds. The molecule has 1 aromatic heterocycles. The zero-order valence-corrected chi connectivity index (χ0v) is 22.5. The minimum absolute atomic E-state index is 0.374. The van der Waals surface area contributed by atoms with Gasteiger partial charge in [-0.3, -0.25) is 4.79 Å². The summed E-state index contributed by atoms with van der Waals surface area (Å²) in [4.78, 5) is 23.5. The highest BCUT2D eigenvalue weighted by Gasteiger charge is 2.31. The third kappa shape index (κ3) is 6.34. The predicted molar refractivity (Wildman–Crippen MR) is 147 cm³/mol. The lowest BCUT2D eigenvalue weighted by Gasteiger charge is -2.19. The van der Waals surface area contributed by atoms with E-state index < -0.39 is 23.6 Å². The summed E-state index contributed by atoms with van der Waals surface area (Å²) in [5, 5.41) is 0.748. The van der Waals surface area contributed by atoms with Crippen molar-refractivity contribution >= 4 is 16.8 Å². The van der Waals surface area contributed by atoms with Gasteiger partial charge in [-0.15, -0.1) is 0 Å². The third-order valence-electron chi connectivity index (χ3n) is 6.85. The summed E-state index contributed by atoms with van der Waals surface area (Å²) in [6.07, 6.45) is -3.00. The number of hydrogen-bond donors (Lipinski definition) is 1. The number of hydrogen-bond acceptors (Lipinski definition) is 6. The van der Waals surface area contributed by atoms with E-state index in [1.165, 1.54) is 18.5 Å². The molecule has 0 aliphatic rings. The first-order valence-electron chi connectivity index (χ1n) is 12.9. The molecule has 0 spiro atoms. The third-order valence-corrected chi connectivity index (χ3v) is 6.85. The minimum atomic E-state index is -4.47. The van der Waals surface area contributed by atoms with E-state index in [0.717, 1.165) is 42.7 Å². The normalized spacial score (nSPS) is 12.5. The van der Waals surface area contributed by atoms with Crippen molar-refractivity contribution in [1.82, 2.24) is 14.9 Å². The Labute approximate surface area is 230 Å². The van der Waals surface area contributed by atoms with Crippen molar-refractivity contribution in [3.8, 4) is 22.8 Å². The van der Waals surface area contributed by atoms with Crippen molar-refractivity contribution in [2.45, 2.75) is 25.9 Å². The van der Waals surface area contributed by atoms with Crippen molar-refractivity contribution < 1.29 is 27.4 Å². The highest BCUT2D eigenvalue weighted by Crippen LogP contribution is 2.36. The second-order valence-corrected chi connectivity index (χ2v) is 9.19. The summed E-state index contributed by atoms with van der Waals surface area (Å²) in [5.41, 5.74) is 7.86. The van der Waals surface area contributed by atoms with Crippen LogP contribution in [0.5, 0.6) is 11.5 Å². The van der Waals surface area contributed by atoms with Gasteiger partial charge < -0.3 is 20.1 Å². The second kappa shape index (κ2) is 12.3. The summed E-state index contributed by atoms with van der Waals surface area (Å²) >= 11 is 0. The van der Waals surface area contributed by atoms with Crippen molar-refractivity contribution in [1.29, 1.82) is 0 Å². The van der Waals surface area contributed by atoms with Crippen LogP contribution in [0.15, 0.2) is 67.0 Å². The van der Waals surface area contributed by atoms with Crippen LogP contribution in [0.3, 0.4) is 0 Å². The van der Waals surface area contributed by atoms with Crippen LogP contribution in [0.4, 0.5) is 13.2 Å². The maximum atomic E-state index is 13.0. The molecule has 0 saturated heterocycles. The fraction of sp³-hybridized carbons (Fsp3) is 0.300. The SMILES string of the molecule is CCN(CC)CCOc1cc2ncnc(-c3ccc(C(C(N)=O)c4ccc(C(F)(F)F)cc4)cc3)c2cc1OC. The number of fused-ring (bicyclic) bond motifs is 1. The molecule has 0 radical (unpaired) electrons. The molecule has 10 heteroatoms. The van der Waals surface area contributed by atoms with Gasteiger partial charge in [0, 0.05) is 23.6 Å². The van der Waals surface area contributed by atoms with Crippen LogP contribution >= 0.6 is 0 Å². The minimum Gasteiger partial charge on any atom is -0.493 e. The van der Waals surface area contributed by atoms with Gasteiger partial charge in [-0.2, -0.15) is 13.2 Å². The highest BCUT2D eigenvalue weighted by atomic mass is 19.4. The Bertz CT molecular complexity index is 1450. The number of rotatable bonds is 11. The number of ether oxygens (including phenoxy) is 2. The molecule has 1 atom stereocenters. The van der Waals surface area contributed by atoms with Crippen molar-refractivity contribution in [3.05, 3.63) is 83.7 Å². The number of aromatic nitrogens is 2. The van der Waals surface area contributed by atoms with Crippen LogP contribution in [0, 0.1) is 0 Å². The number of nitrogens with zero attached hydrogens (tertiary/aromatic N) is 3. The Morgan fingerprint density at radius 2 is 1.57 bits per heavy atom. The average Bonchev–Trinajstić information content (AvgIpc) is 2.94. The van der Waals surface area contributed by atoms with Crippen LogP contribution in [0.1, 0.15) is 36.5 Å². The number of carbonyl (C=O) groups excluding carboxylic acids is 1. The zero-order chi connectivity index (χ0) is 28.9. The quantitative estimate of drug-likeness (QED) is 0.258. The summed E-state index contributed by atoms with van der Waals surface area (Å²) in [6.45, 7) is 7.38. The standard InChI is InChI=1S/C30H31F3N4O3/c1-4-37(5-2)14-15-40-26-17-24-23(16-25(26)39-3)28(36-18-35-24)21-8-6-19(7-9-21)27(29(34)38)20-10-12-22(13-11-20)30(31,32)33/h6-13,16-18,27H,4-5,14-15H2,1-3H3,(H2,34,38). The summed E-state index contributed by atoms with van der Waals surface area (Å²) in [6, 6.07) is 15.1. The van der Waals surface area contributed by atoms with E-state index >= 15 is 0 Å². The van der Waals surface area contributed by atoms with Crippen molar-refractivity contribution in [2.75, 3.05) is 33.4 Å². The average molecular weight is 553 g/mol. The predicted octanol–water partition coefficient (Wildman–Crippen LogP) is 5.66. The van der Waals surface area contributed by atoms with Gasteiger partial charge in [-0.1, -0.05) is 50.2 Å². The smallest absolute Gasteiger partial charge is 0.416 e. The number of carbonyl (C=O) groups is 1. The zero-order valence-electron chi connectivity index (χ0n) is 22.5. The first-order chi connectivity index (χ1) is 19.2. The number of likely N-dealkylation sites (N-methyl/N-ethyl adjacent to an activating group) is 1. The first-order valence-corrected chi connectivity index (χ1v) is 12.9. The molecule has 1 heterocycles. The second-order valence-electron chi connectivity index (χ2n) is 9.19. The lowest BCUT2D eigenvalue weighted by atomic mass is 9.89. The van der Waals surface area contributed by atoms with E-state index in [4.69, 9.17) is 15.2 Å². The van der Waals surface area contributed by atoms with Gasteiger partial charge in [0.25, 0.3) is 0 Å². The molecule has 2 N–H and O–H groups in total. The van der Waals surface area contributed by atoms with Crippen LogP contribution in [-0.4, -0.2) is 54.1 Å². The Hall–Kier alpha value is -4.18. The molecule has 4 aromatic rings. The molecule has 0 aliphatic carbocycles. The van der Waals surface area contributed by atoms with Gasteiger partial charge in [0.2, 0.25) is 5.91 Å². The van der Waals surface area contributed by atoms with Gasteiger partial charge in [0.1, 0.15) is 12.9 Å². The summed E-state index contributed by atoms with van der Waals surface area (Å²) in [7, 11) is 1.57. The fourth-order valence-electron chi connectivity index (χ4n) is 4.61. The van der Waals surface area contributed by atoms with Crippen molar-refractivity contribution in [2.24, 2.45) is 5.73 Å².